The van der Waals surface area contributed by atoms with Gasteiger partial charge in [-0.25, -0.2) is 0 Å². The van der Waals surface area contributed by atoms with Gasteiger partial charge in [0.1, 0.15) is 5.60 Å². The second kappa shape index (κ2) is 5.40. The van der Waals surface area contributed by atoms with Crippen molar-refractivity contribution in [2.75, 3.05) is 6.61 Å². The zero-order chi connectivity index (χ0) is 16.2. The molecule has 4 rings (SSSR count). The van der Waals surface area contributed by atoms with Crippen molar-refractivity contribution in [2.24, 2.45) is 5.92 Å². The summed E-state index contributed by atoms with van der Waals surface area (Å²) < 4.78 is 6.06. The number of ether oxygens (including phenoxy) is 1. The number of H-pyrrole nitrogens is 1. The molecule has 122 valence electrons. The van der Waals surface area contributed by atoms with Crippen LogP contribution in [0.3, 0.4) is 0 Å². The summed E-state index contributed by atoms with van der Waals surface area (Å²) in [6, 6.07) is 3.55. The lowest BCUT2D eigenvalue weighted by atomic mass is 9.84. The number of aromatic nitrogens is 1. The molecule has 1 aliphatic heterocycles. The van der Waals surface area contributed by atoms with Crippen LogP contribution in [0.2, 0.25) is 10.0 Å². The lowest BCUT2D eigenvalue weighted by Gasteiger charge is -2.36. The van der Waals surface area contributed by atoms with Crippen LogP contribution in [0, 0.1) is 5.92 Å². The van der Waals surface area contributed by atoms with Gasteiger partial charge in [-0.05, 0) is 36.5 Å². The summed E-state index contributed by atoms with van der Waals surface area (Å²) in [5, 5.41) is 11.6. The van der Waals surface area contributed by atoms with Gasteiger partial charge in [0.2, 0.25) is 0 Å². The zero-order valence-electron chi connectivity index (χ0n) is 12.5. The molecule has 0 spiro atoms. The zero-order valence-corrected chi connectivity index (χ0v) is 14.0. The number of carbonyl (C=O) groups is 1. The first-order valence-electron chi connectivity index (χ1n) is 7.85. The van der Waals surface area contributed by atoms with Gasteiger partial charge in [-0.2, -0.15) is 0 Å². The van der Waals surface area contributed by atoms with E-state index in [0.717, 1.165) is 41.4 Å². The van der Waals surface area contributed by atoms with Crippen LogP contribution < -0.4 is 0 Å². The molecule has 1 aromatic heterocycles. The van der Waals surface area contributed by atoms with E-state index >= 15 is 0 Å². The maximum Gasteiger partial charge on any atom is 0.306 e. The third kappa shape index (κ3) is 2.53. The highest BCUT2D eigenvalue weighted by Gasteiger charge is 2.46. The molecule has 1 saturated carbocycles. The van der Waals surface area contributed by atoms with Crippen molar-refractivity contribution in [3.63, 3.8) is 0 Å². The van der Waals surface area contributed by atoms with Crippen molar-refractivity contribution in [1.29, 1.82) is 0 Å². The predicted molar refractivity (Wildman–Crippen MR) is 89.2 cm³/mol. The van der Waals surface area contributed by atoms with Gasteiger partial charge in [0.25, 0.3) is 0 Å². The molecule has 0 bridgehead atoms. The van der Waals surface area contributed by atoms with Gasteiger partial charge in [-0.3, -0.25) is 4.79 Å². The van der Waals surface area contributed by atoms with E-state index in [4.69, 9.17) is 27.9 Å². The molecule has 2 N–H and O–H groups in total. The van der Waals surface area contributed by atoms with Crippen molar-refractivity contribution in [2.45, 2.75) is 37.7 Å². The van der Waals surface area contributed by atoms with Crippen molar-refractivity contribution < 1.29 is 14.6 Å². The van der Waals surface area contributed by atoms with Crippen molar-refractivity contribution in [3.05, 3.63) is 33.4 Å². The Morgan fingerprint density at radius 3 is 2.78 bits per heavy atom. The molecule has 4 nitrogen and oxygen atoms in total. The smallest absolute Gasteiger partial charge is 0.306 e. The third-order valence-electron chi connectivity index (χ3n) is 4.90. The molecule has 0 amide bonds. The molecular weight excluding hydrogens is 337 g/mol. The second-order valence-corrected chi connectivity index (χ2v) is 7.38. The van der Waals surface area contributed by atoms with Crippen LogP contribution in [-0.2, 0) is 21.6 Å². The number of benzene rings is 1. The van der Waals surface area contributed by atoms with Crippen LogP contribution >= 0.6 is 23.2 Å². The molecule has 1 unspecified atom stereocenters. The topological polar surface area (TPSA) is 62.3 Å². The Balaban J connectivity index is 1.93. The molecule has 2 aliphatic rings. The summed E-state index contributed by atoms with van der Waals surface area (Å²) in [5.74, 6) is -0.313. The molecule has 2 heterocycles. The summed E-state index contributed by atoms with van der Waals surface area (Å²) in [4.78, 5) is 14.8. The fraction of sp³-hybridized carbons (Fsp3) is 0.471. The van der Waals surface area contributed by atoms with Gasteiger partial charge >= 0.3 is 5.97 Å². The van der Waals surface area contributed by atoms with Crippen LogP contribution in [0.5, 0.6) is 0 Å². The highest BCUT2D eigenvalue weighted by molar-refractivity contribution is 6.40. The van der Waals surface area contributed by atoms with Gasteiger partial charge in [0.05, 0.1) is 34.3 Å². The molecule has 1 fully saturated rings. The molecule has 0 saturated heterocycles. The number of carboxylic acid groups (broad SMARTS) is 1. The summed E-state index contributed by atoms with van der Waals surface area (Å²) >= 11 is 12.7. The van der Waals surface area contributed by atoms with E-state index in [-0.39, 0.29) is 6.42 Å². The Kier molecular flexibility index (Phi) is 3.59. The SMILES string of the molecule is O=C(O)CC1(CC2CC2)OCCc2c1[nH]c1c(Cl)ccc(Cl)c21. The molecule has 1 aromatic carbocycles. The molecular formula is C17H17Cl2NO3. The van der Waals surface area contributed by atoms with Crippen LogP contribution in [0.4, 0.5) is 0 Å². The Morgan fingerprint density at radius 1 is 1.35 bits per heavy atom. The van der Waals surface area contributed by atoms with Gasteiger partial charge in [-0.1, -0.05) is 36.0 Å². The number of halogens is 2. The number of hydrogen-bond donors (Lipinski definition) is 2. The summed E-state index contributed by atoms with van der Waals surface area (Å²) in [6.45, 7) is 0.503. The summed E-state index contributed by atoms with van der Waals surface area (Å²) in [5.41, 5.74) is 1.88. The van der Waals surface area contributed by atoms with Crippen molar-refractivity contribution >= 4 is 40.1 Å². The van der Waals surface area contributed by atoms with E-state index in [1.807, 2.05) is 0 Å². The number of nitrogens with one attached hydrogen (secondary N) is 1. The maximum atomic E-state index is 11.5. The lowest BCUT2D eigenvalue weighted by molar-refractivity contribution is -0.149. The first kappa shape index (κ1) is 15.3. The van der Waals surface area contributed by atoms with E-state index in [0.29, 0.717) is 29.0 Å². The number of carboxylic acids is 1. The minimum Gasteiger partial charge on any atom is -0.481 e. The standard InChI is InChI=1S/C17H17Cl2NO3/c18-11-3-4-12(19)15-14(11)10-5-6-23-17(8-13(21)22,16(10)20-15)7-9-1-2-9/h3-4,9,20H,1-2,5-8H2,(H,21,22). The number of hydrogen-bond acceptors (Lipinski definition) is 2. The average Bonchev–Trinajstić information content (AvgIpc) is 3.19. The Hall–Kier alpha value is -1.23. The Bertz CT molecular complexity index is 797. The van der Waals surface area contributed by atoms with Gasteiger partial charge in [0, 0.05) is 5.39 Å². The van der Waals surface area contributed by atoms with Crippen LogP contribution in [-0.4, -0.2) is 22.7 Å². The van der Waals surface area contributed by atoms with Crippen LogP contribution in [0.15, 0.2) is 12.1 Å². The molecule has 1 atom stereocenters. The molecule has 2 aromatic rings. The normalized spacial score (nSPS) is 23.9. The van der Waals surface area contributed by atoms with E-state index in [2.05, 4.69) is 4.98 Å². The Labute approximate surface area is 143 Å². The molecule has 1 aliphatic carbocycles. The van der Waals surface area contributed by atoms with Gasteiger partial charge in [-0.15, -0.1) is 0 Å². The highest BCUT2D eigenvalue weighted by Crippen LogP contribution is 2.49. The fourth-order valence-electron chi connectivity index (χ4n) is 3.76. The van der Waals surface area contributed by atoms with E-state index in [1.54, 1.807) is 12.1 Å². The minimum atomic E-state index is -0.852. The first-order chi connectivity index (χ1) is 11.0. The largest absolute Gasteiger partial charge is 0.481 e. The first-order valence-corrected chi connectivity index (χ1v) is 8.60. The maximum absolute atomic E-state index is 11.5. The van der Waals surface area contributed by atoms with Gasteiger partial charge in [0.15, 0.2) is 0 Å². The summed E-state index contributed by atoms with van der Waals surface area (Å²) in [7, 11) is 0. The molecule has 23 heavy (non-hydrogen) atoms. The quantitative estimate of drug-likeness (QED) is 0.849. The average molecular weight is 354 g/mol. The minimum absolute atomic E-state index is 0.0431. The number of rotatable bonds is 4. The number of aromatic amines is 1. The van der Waals surface area contributed by atoms with Gasteiger partial charge < -0.3 is 14.8 Å². The summed E-state index contributed by atoms with van der Waals surface area (Å²) in [6.07, 6.45) is 3.68. The number of aliphatic carboxylic acids is 1. The lowest BCUT2D eigenvalue weighted by Crippen LogP contribution is -2.38. The number of fused-ring (bicyclic) bond motifs is 3. The molecule has 0 radical (unpaired) electrons. The fourth-order valence-corrected chi connectivity index (χ4v) is 4.24. The Morgan fingerprint density at radius 2 is 2.09 bits per heavy atom. The van der Waals surface area contributed by atoms with E-state index in [1.165, 1.54) is 0 Å². The monoisotopic (exact) mass is 353 g/mol. The molecule has 6 heteroatoms. The van der Waals surface area contributed by atoms with E-state index < -0.39 is 11.6 Å². The highest BCUT2D eigenvalue weighted by atomic mass is 35.5. The van der Waals surface area contributed by atoms with Crippen LogP contribution in [0.1, 0.15) is 36.9 Å². The van der Waals surface area contributed by atoms with E-state index in [9.17, 15) is 9.90 Å². The van der Waals surface area contributed by atoms with Crippen molar-refractivity contribution in [1.82, 2.24) is 4.98 Å². The predicted octanol–water partition coefficient (Wildman–Crippen LogP) is 4.52. The van der Waals surface area contributed by atoms with Crippen molar-refractivity contribution in [3.8, 4) is 0 Å². The second-order valence-electron chi connectivity index (χ2n) is 6.57. The third-order valence-corrected chi connectivity index (χ3v) is 5.53. The van der Waals surface area contributed by atoms with Crippen LogP contribution in [0.25, 0.3) is 10.9 Å².